The number of nitrogens with zero attached hydrogens (tertiary/aromatic N) is 1. The van der Waals surface area contributed by atoms with Gasteiger partial charge in [0.25, 0.3) is 5.91 Å². The molecule has 9 heteroatoms. The Labute approximate surface area is 194 Å². The molecule has 1 saturated heterocycles. The van der Waals surface area contributed by atoms with E-state index in [4.69, 9.17) is 6.42 Å². The molecule has 0 radical (unpaired) electrons. The molecule has 1 aliphatic heterocycles. The number of carbonyl (C=O) groups excluding carboxylic acids is 2. The first-order valence-electron chi connectivity index (χ1n) is 10.8. The highest BCUT2D eigenvalue weighted by Crippen LogP contribution is 2.23. The van der Waals surface area contributed by atoms with Crippen LogP contribution in [-0.4, -0.2) is 45.9 Å². The third kappa shape index (κ3) is 6.81. The normalized spacial score (nSPS) is 14.4. The number of sulfonamides is 1. The first-order chi connectivity index (χ1) is 15.8. The van der Waals surface area contributed by atoms with Gasteiger partial charge in [0.1, 0.15) is 0 Å². The average Bonchev–Trinajstić information content (AvgIpc) is 3.33. The number of hydrogen-bond donors (Lipinski definition) is 3. The number of hydrogen-bond acceptors (Lipinski definition) is 5. The van der Waals surface area contributed by atoms with Crippen LogP contribution in [0.4, 0.5) is 11.4 Å². The number of rotatable bonds is 9. The fraction of sp³-hybridized carbons (Fsp3) is 0.333. The Kier molecular flexibility index (Phi) is 8.09. The van der Waals surface area contributed by atoms with Crippen molar-refractivity contribution < 1.29 is 18.0 Å². The van der Waals surface area contributed by atoms with Crippen LogP contribution in [0.5, 0.6) is 0 Å². The van der Waals surface area contributed by atoms with Gasteiger partial charge in [-0.05, 0) is 62.2 Å². The predicted octanol–water partition coefficient (Wildman–Crippen LogP) is 2.35. The summed E-state index contributed by atoms with van der Waals surface area (Å²) in [6, 6.07) is 12.8. The van der Waals surface area contributed by atoms with Crippen LogP contribution >= 0.6 is 0 Å². The summed E-state index contributed by atoms with van der Waals surface area (Å²) in [5.41, 5.74) is 2.10. The van der Waals surface area contributed by atoms with Crippen LogP contribution in [0.1, 0.15) is 36.5 Å². The Morgan fingerprint density at radius 1 is 1.12 bits per heavy atom. The molecular formula is C24H28N4O4S. The van der Waals surface area contributed by atoms with Gasteiger partial charge in [-0.2, -0.15) is 4.72 Å². The van der Waals surface area contributed by atoms with Crippen LogP contribution in [0.3, 0.4) is 0 Å². The van der Waals surface area contributed by atoms with Gasteiger partial charge >= 0.3 is 0 Å². The Hall–Kier alpha value is -3.35. The molecule has 8 nitrogen and oxygen atoms in total. The van der Waals surface area contributed by atoms with Gasteiger partial charge in [0.15, 0.2) is 0 Å². The Morgan fingerprint density at radius 3 is 2.48 bits per heavy atom. The zero-order chi connectivity index (χ0) is 23.8. The van der Waals surface area contributed by atoms with Crippen molar-refractivity contribution in [3.05, 3.63) is 54.1 Å². The Bertz CT molecular complexity index is 1130. The first-order valence-corrected chi connectivity index (χ1v) is 12.3. The molecule has 1 atom stereocenters. The first kappa shape index (κ1) is 24.3. The lowest BCUT2D eigenvalue weighted by Crippen LogP contribution is -2.35. The molecule has 1 heterocycles. The maximum Gasteiger partial charge on any atom is 0.251 e. The molecule has 1 unspecified atom stereocenters. The zero-order valence-corrected chi connectivity index (χ0v) is 19.3. The lowest BCUT2D eigenvalue weighted by molar-refractivity contribution is -0.116. The van der Waals surface area contributed by atoms with Gasteiger partial charge in [-0.15, -0.1) is 6.42 Å². The molecule has 2 aromatic rings. The van der Waals surface area contributed by atoms with E-state index in [2.05, 4.69) is 26.2 Å². The molecule has 3 rings (SSSR count). The van der Waals surface area contributed by atoms with Crippen LogP contribution < -0.4 is 20.3 Å². The molecule has 2 amide bonds. The fourth-order valence-corrected chi connectivity index (χ4v) is 4.54. The molecule has 174 valence electrons. The van der Waals surface area contributed by atoms with E-state index in [0.717, 1.165) is 24.5 Å². The number of carbonyl (C=O) groups is 2. The van der Waals surface area contributed by atoms with Crippen LogP contribution in [0.15, 0.2) is 53.4 Å². The zero-order valence-electron chi connectivity index (χ0n) is 18.5. The topological polar surface area (TPSA) is 108 Å². The smallest absolute Gasteiger partial charge is 0.251 e. The number of anilines is 2. The van der Waals surface area contributed by atoms with Crippen molar-refractivity contribution in [3.8, 4) is 12.3 Å². The summed E-state index contributed by atoms with van der Waals surface area (Å²) in [4.78, 5) is 27.2. The summed E-state index contributed by atoms with van der Waals surface area (Å²) in [6.07, 6.45) is 7.52. The maximum atomic E-state index is 12.5. The molecule has 1 aliphatic rings. The summed E-state index contributed by atoms with van der Waals surface area (Å²) in [6.45, 7) is 3.66. The third-order valence-corrected chi connectivity index (χ3v) is 6.68. The van der Waals surface area contributed by atoms with Gasteiger partial charge in [0.2, 0.25) is 15.9 Å². The lowest BCUT2D eigenvalue weighted by Gasteiger charge is -2.19. The van der Waals surface area contributed by atoms with E-state index in [1.165, 1.54) is 37.1 Å². The second-order valence-corrected chi connectivity index (χ2v) is 9.69. The molecule has 3 N–H and O–H groups in total. The summed E-state index contributed by atoms with van der Waals surface area (Å²) in [7, 11) is -3.72. The van der Waals surface area contributed by atoms with Gasteiger partial charge in [0, 0.05) is 42.5 Å². The van der Waals surface area contributed by atoms with Gasteiger partial charge in [-0.3, -0.25) is 9.59 Å². The van der Waals surface area contributed by atoms with Crippen molar-refractivity contribution in [2.75, 3.05) is 29.9 Å². The lowest BCUT2D eigenvalue weighted by atomic mass is 10.1. The minimum Gasteiger partial charge on any atom is -0.371 e. The molecule has 2 aromatic carbocycles. The summed E-state index contributed by atoms with van der Waals surface area (Å²) >= 11 is 0. The van der Waals surface area contributed by atoms with Gasteiger partial charge < -0.3 is 15.5 Å². The van der Waals surface area contributed by atoms with E-state index < -0.39 is 22.0 Å². The van der Waals surface area contributed by atoms with Crippen LogP contribution in [0.25, 0.3) is 0 Å². The molecular weight excluding hydrogens is 440 g/mol. The minimum atomic E-state index is -3.72. The molecule has 0 aromatic heterocycles. The average molecular weight is 469 g/mol. The second-order valence-electron chi connectivity index (χ2n) is 7.92. The minimum absolute atomic E-state index is 0.0119. The fourth-order valence-electron chi connectivity index (χ4n) is 3.61. The predicted molar refractivity (Wildman–Crippen MR) is 129 cm³/mol. The van der Waals surface area contributed by atoms with E-state index in [1.54, 1.807) is 6.92 Å². The van der Waals surface area contributed by atoms with Crippen LogP contribution in [-0.2, 0) is 14.8 Å². The monoisotopic (exact) mass is 468 g/mol. The van der Waals surface area contributed by atoms with E-state index in [1.807, 2.05) is 24.3 Å². The van der Waals surface area contributed by atoms with Crippen LogP contribution in [0.2, 0.25) is 0 Å². The van der Waals surface area contributed by atoms with Crippen molar-refractivity contribution >= 4 is 33.2 Å². The molecule has 0 spiro atoms. The molecule has 0 aliphatic carbocycles. The van der Waals surface area contributed by atoms with Crippen molar-refractivity contribution in [1.82, 2.24) is 10.0 Å². The quantitative estimate of drug-likeness (QED) is 0.490. The Balaban J connectivity index is 1.52. The highest BCUT2D eigenvalue weighted by Gasteiger charge is 2.17. The number of amides is 2. The molecule has 1 fully saturated rings. The van der Waals surface area contributed by atoms with E-state index in [9.17, 15) is 18.0 Å². The molecule has 0 bridgehead atoms. The van der Waals surface area contributed by atoms with Crippen molar-refractivity contribution in [2.45, 2.75) is 37.1 Å². The van der Waals surface area contributed by atoms with Crippen molar-refractivity contribution in [2.24, 2.45) is 0 Å². The van der Waals surface area contributed by atoms with E-state index in [-0.39, 0.29) is 29.3 Å². The SMILES string of the molecule is C#CCNS(=O)(=O)c1ccc(C(=O)NC(C)CC(=O)Nc2cccc(N3CCCC3)c2)cc1. The summed E-state index contributed by atoms with van der Waals surface area (Å²) in [5, 5.41) is 5.65. The highest BCUT2D eigenvalue weighted by atomic mass is 32.2. The standard InChI is InChI=1S/C24H28N4O4S/c1-3-13-25-33(31,32)22-11-9-19(10-12-22)24(30)26-18(2)16-23(29)27-20-7-6-8-21(17-20)28-14-4-5-15-28/h1,6-12,17-18,25H,4-5,13-16H2,2H3,(H,26,30)(H,27,29). The Morgan fingerprint density at radius 2 is 1.82 bits per heavy atom. The summed E-state index contributed by atoms with van der Waals surface area (Å²) in [5.74, 6) is 1.60. The van der Waals surface area contributed by atoms with Crippen molar-refractivity contribution in [3.63, 3.8) is 0 Å². The van der Waals surface area contributed by atoms with E-state index in [0.29, 0.717) is 0 Å². The highest BCUT2D eigenvalue weighted by molar-refractivity contribution is 7.89. The molecule has 33 heavy (non-hydrogen) atoms. The van der Waals surface area contributed by atoms with Gasteiger partial charge in [0.05, 0.1) is 11.4 Å². The van der Waals surface area contributed by atoms with E-state index >= 15 is 0 Å². The number of terminal acetylenes is 1. The molecule has 0 saturated carbocycles. The second kappa shape index (κ2) is 11.0. The maximum absolute atomic E-state index is 12.5. The number of nitrogens with one attached hydrogen (secondary N) is 3. The largest absolute Gasteiger partial charge is 0.371 e. The van der Waals surface area contributed by atoms with Gasteiger partial charge in [-0.25, -0.2) is 8.42 Å². The number of benzene rings is 2. The summed E-state index contributed by atoms with van der Waals surface area (Å²) < 4.78 is 26.4. The van der Waals surface area contributed by atoms with Crippen molar-refractivity contribution in [1.29, 1.82) is 0 Å². The van der Waals surface area contributed by atoms with Gasteiger partial charge in [-0.1, -0.05) is 12.0 Å². The third-order valence-electron chi connectivity index (χ3n) is 5.26. The van der Waals surface area contributed by atoms with Crippen LogP contribution in [0, 0.1) is 12.3 Å².